The first kappa shape index (κ1) is 20.6. The van der Waals surface area contributed by atoms with Crippen molar-refractivity contribution in [2.45, 2.75) is 39.0 Å². The van der Waals surface area contributed by atoms with Crippen LogP contribution in [0.2, 0.25) is 0 Å². The molecule has 3 amide bonds. The number of anilines is 3. The number of carbonyl (C=O) groups excluding carboxylic acids is 2. The van der Waals surface area contributed by atoms with Crippen LogP contribution in [0.3, 0.4) is 0 Å². The maximum absolute atomic E-state index is 13.1. The fraction of sp³-hybridized carbons (Fsp3) is 0.261. The summed E-state index contributed by atoms with van der Waals surface area (Å²) in [4.78, 5) is 24.2. The number of nitrogens with one attached hydrogen (secondary N) is 3. The average Bonchev–Trinajstić information content (AvgIpc) is 3.13. The van der Waals surface area contributed by atoms with Crippen LogP contribution in [0, 0.1) is 5.82 Å². The van der Waals surface area contributed by atoms with Crippen LogP contribution < -0.4 is 16.0 Å². The molecular formula is C23H24FN5O2. The lowest BCUT2D eigenvalue weighted by molar-refractivity contribution is -0.116. The van der Waals surface area contributed by atoms with Crippen molar-refractivity contribution >= 4 is 29.1 Å². The number of hydrogen-bond donors (Lipinski definition) is 3. The number of carbonyl (C=O) groups is 2. The van der Waals surface area contributed by atoms with Crippen molar-refractivity contribution in [2.24, 2.45) is 0 Å². The summed E-state index contributed by atoms with van der Waals surface area (Å²) in [7, 11) is 0. The molecule has 160 valence electrons. The van der Waals surface area contributed by atoms with E-state index >= 15 is 0 Å². The van der Waals surface area contributed by atoms with Gasteiger partial charge in [0.2, 0.25) is 5.91 Å². The number of benzene rings is 2. The number of amides is 3. The van der Waals surface area contributed by atoms with Gasteiger partial charge in [-0.15, -0.1) is 0 Å². The first-order valence-corrected chi connectivity index (χ1v) is 10.1. The predicted octanol–water partition coefficient (Wildman–Crippen LogP) is 4.84. The molecule has 7 nitrogen and oxygen atoms in total. The Morgan fingerprint density at radius 3 is 2.52 bits per heavy atom. The van der Waals surface area contributed by atoms with E-state index < -0.39 is 6.03 Å². The normalized spacial score (nSPS) is 13.4. The molecule has 0 fully saturated rings. The molecule has 3 N–H and O–H groups in total. The summed E-state index contributed by atoms with van der Waals surface area (Å²) < 4.78 is 14.8. The summed E-state index contributed by atoms with van der Waals surface area (Å²) in [5.74, 6) is 0.140. The zero-order valence-corrected chi connectivity index (χ0v) is 17.6. The Morgan fingerprint density at radius 2 is 1.81 bits per heavy atom. The second-order valence-electron chi connectivity index (χ2n) is 8.55. The number of rotatable bonds is 3. The molecule has 1 aromatic heterocycles. The van der Waals surface area contributed by atoms with E-state index in [9.17, 15) is 14.0 Å². The van der Waals surface area contributed by atoms with Gasteiger partial charge in [-0.1, -0.05) is 20.8 Å². The number of urea groups is 1. The van der Waals surface area contributed by atoms with Crippen LogP contribution in [0.15, 0.2) is 48.5 Å². The van der Waals surface area contributed by atoms with Gasteiger partial charge in [0.25, 0.3) is 0 Å². The van der Waals surface area contributed by atoms with Gasteiger partial charge in [-0.2, -0.15) is 5.10 Å². The Labute approximate surface area is 179 Å². The molecule has 31 heavy (non-hydrogen) atoms. The smallest absolute Gasteiger partial charge is 0.324 e. The van der Waals surface area contributed by atoms with Crippen LogP contribution >= 0.6 is 0 Å². The lowest BCUT2D eigenvalue weighted by atomic mass is 9.92. The summed E-state index contributed by atoms with van der Waals surface area (Å²) in [6.07, 6.45) is 1.09. The number of aryl methyl sites for hydroxylation is 1. The number of halogens is 1. The molecule has 8 heteroatoms. The van der Waals surface area contributed by atoms with Gasteiger partial charge in [0, 0.05) is 29.3 Å². The highest BCUT2D eigenvalue weighted by Gasteiger charge is 2.23. The molecule has 1 aliphatic heterocycles. The third kappa shape index (κ3) is 4.58. The van der Waals surface area contributed by atoms with E-state index in [1.165, 1.54) is 24.3 Å². The van der Waals surface area contributed by atoms with Crippen molar-refractivity contribution in [3.8, 4) is 5.69 Å². The summed E-state index contributed by atoms with van der Waals surface area (Å²) in [6.45, 7) is 6.14. The number of fused-ring (bicyclic) bond motifs is 1. The molecule has 1 aliphatic rings. The average molecular weight is 421 g/mol. The molecular weight excluding hydrogens is 397 g/mol. The summed E-state index contributed by atoms with van der Waals surface area (Å²) >= 11 is 0. The predicted molar refractivity (Wildman–Crippen MR) is 118 cm³/mol. The second-order valence-corrected chi connectivity index (χ2v) is 8.55. The maximum Gasteiger partial charge on any atom is 0.324 e. The fourth-order valence-electron chi connectivity index (χ4n) is 3.35. The zero-order chi connectivity index (χ0) is 22.2. The maximum atomic E-state index is 13.1. The van der Waals surface area contributed by atoms with Crippen molar-refractivity contribution in [1.29, 1.82) is 0 Å². The van der Waals surface area contributed by atoms with Gasteiger partial charge in [-0.05, 0) is 54.4 Å². The highest BCUT2D eigenvalue weighted by molar-refractivity contribution is 5.99. The Hall–Kier alpha value is -3.68. The van der Waals surface area contributed by atoms with Gasteiger partial charge in [-0.3, -0.25) is 10.1 Å². The lowest BCUT2D eigenvalue weighted by Crippen LogP contribution is -2.22. The fourth-order valence-corrected chi connectivity index (χ4v) is 3.35. The van der Waals surface area contributed by atoms with Crippen LogP contribution in [-0.4, -0.2) is 21.7 Å². The van der Waals surface area contributed by atoms with E-state index in [1.54, 1.807) is 4.68 Å². The van der Waals surface area contributed by atoms with Gasteiger partial charge in [0.05, 0.1) is 11.4 Å². The Morgan fingerprint density at radius 1 is 1.06 bits per heavy atom. The first-order valence-electron chi connectivity index (χ1n) is 10.1. The molecule has 0 saturated carbocycles. The molecule has 0 unspecified atom stereocenters. The SMILES string of the molecule is CC(C)(C)c1cc(NC(=O)Nc2ccc(F)cc2)n(-c2ccc3c(c2)CCC(=O)N3)n1. The van der Waals surface area contributed by atoms with E-state index in [0.717, 1.165) is 22.6 Å². The molecule has 4 rings (SSSR count). The molecule has 3 aromatic rings. The van der Waals surface area contributed by atoms with Crippen molar-refractivity contribution < 1.29 is 14.0 Å². The lowest BCUT2D eigenvalue weighted by Gasteiger charge is -2.18. The number of aromatic nitrogens is 2. The van der Waals surface area contributed by atoms with Crippen LogP contribution in [0.4, 0.5) is 26.4 Å². The summed E-state index contributed by atoms with van der Waals surface area (Å²) in [5.41, 5.74) is 3.67. The van der Waals surface area contributed by atoms with Gasteiger partial charge in [-0.25, -0.2) is 13.9 Å². The summed E-state index contributed by atoms with van der Waals surface area (Å²) in [6, 6.07) is 12.6. The van der Waals surface area contributed by atoms with Crippen LogP contribution in [0.5, 0.6) is 0 Å². The first-order chi connectivity index (χ1) is 14.7. The van der Waals surface area contributed by atoms with Gasteiger partial charge >= 0.3 is 6.03 Å². The zero-order valence-electron chi connectivity index (χ0n) is 17.6. The van der Waals surface area contributed by atoms with Crippen molar-refractivity contribution in [3.63, 3.8) is 0 Å². The number of hydrogen-bond acceptors (Lipinski definition) is 3. The van der Waals surface area contributed by atoms with E-state index in [0.29, 0.717) is 24.3 Å². The molecule has 0 spiro atoms. The molecule has 0 atom stereocenters. The minimum atomic E-state index is -0.460. The molecule has 0 saturated heterocycles. The van der Waals surface area contributed by atoms with Crippen molar-refractivity contribution in [3.05, 3.63) is 65.6 Å². The Kier molecular flexibility index (Phi) is 5.22. The molecule has 2 heterocycles. The van der Waals surface area contributed by atoms with Gasteiger partial charge < -0.3 is 10.6 Å². The van der Waals surface area contributed by atoms with Gasteiger partial charge in [0.15, 0.2) is 0 Å². The number of nitrogens with zero attached hydrogens (tertiary/aromatic N) is 2. The molecule has 0 radical (unpaired) electrons. The molecule has 0 aliphatic carbocycles. The van der Waals surface area contributed by atoms with E-state index in [1.807, 2.05) is 45.0 Å². The van der Waals surface area contributed by atoms with Crippen molar-refractivity contribution in [1.82, 2.24) is 9.78 Å². The van der Waals surface area contributed by atoms with Crippen LogP contribution in [-0.2, 0) is 16.6 Å². The topological polar surface area (TPSA) is 88.0 Å². The molecule has 0 bridgehead atoms. The van der Waals surface area contributed by atoms with Crippen molar-refractivity contribution in [2.75, 3.05) is 16.0 Å². The highest BCUT2D eigenvalue weighted by Crippen LogP contribution is 2.29. The minimum absolute atomic E-state index is 0.00850. The monoisotopic (exact) mass is 421 g/mol. The summed E-state index contributed by atoms with van der Waals surface area (Å²) in [5, 5.41) is 13.1. The minimum Gasteiger partial charge on any atom is -0.326 e. The highest BCUT2D eigenvalue weighted by atomic mass is 19.1. The molecule has 2 aromatic carbocycles. The second kappa shape index (κ2) is 7.86. The quantitative estimate of drug-likeness (QED) is 0.566. The van der Waals surface area contributed by atoms with E-state index in [2.05, 4.69) is 16.0 Å². The standard InChI is InChI=1S/C23H24FN5O2/c1-23(2,3)19-13-20(27-22(31)25-16-7-5-15(24)6-8-16)29(28-19)17-9-10-18-14(12-17)4-11-21(30)26-18/h5-10,12-13H,4,11H2,1-3H3,(H,26,30)(H2,25,27,31). The van der Waals surface area contributed by atoms with E-state index in [4.69, 9.17) is 5.10 Å². The van der Waals surface area contributed by atoms with Gasteiger partial charge in [0.1, 0.15) is 11.6 Å². The third-order valence-corrected chi connectivity index (χ3v) is 5.05. The Bertz CT molecular complexity index is 1150. The van der Waals surface area contributed by atoms with E-state index in [-0.39, 0.29) is 17.1 Å². The third-order valence-electron chi connectivity index (χ3n) is 5.05. The van der Waals surface area contributed by atoms with Crippen LogP contribution in [0.25, 0.3) is 5.69 Å². The van der Waals surface area contributed by atoms with Crippen LogP contribution in [0.1, 0.15) is 38.4 Å². The Balaban J connectivity index is 1.64. The largest absolute Gasteiger partial charge is 0.326 e.